The number of alkyl carbamates (subject to hydrolysis) is 1. The van der Waals surface area contributed by atoms with Gasteiger partial charge in [-0.15, -0.1) is 0 Å². The van der Waals surface area contributed by atoms with E-state index in [9.17, 15) is 14.4 Å². The van der Waals surface area contributed by atoms with Crippen molar-refractivity contribution < 1.29 is 19.1 Å². The maximum Gasteiger partial charge on any atom is 0.408 e. The summed E-state index contributed by atoms with van der Waals surface area (Å²) >= 11 is 0. The number of carbonyl (C=O) groups is 3. The zero-order chi connectivity index (χ0) is 18.5. The Balaban J connectivity index is 1.68. The average molecular weight is 365 g/mol. The first-order valence-electron chi connectivity index (χ1n) is 10.1. The van der Waals surface area contributed by atoms with Gasteiger partial charge in [0.2, 0.25) is 11.8 Å². The predicted octanol–water partition coefficient (Wildman–Crippen LogP) is 2.08. The lowest BCUT2D eigenvalue weighted by Gasteiger charge is -2.34. The Labute approximate surface area is 155 Å². The van der Waals surface area contributed by atoms with Crippen LogP contribution in [0.15, 0.2) is 0 Å². The van der Waals surface area contributed by atoms with Crippen molar-refractivity contribution in [2.45, 2.75) is 88.8 Å². The van der Waals surface area contributed by atoms with Gasteiger partial charge in [0.1, 0.15) is 18.2 Å². The molecule has 2 saturated carbocycles. The number of rotatable bonds is 5. The number of nitrogens with two attached hydrogens (primary N) is 1. The fourth-order valence-electron chi connectivity index (χ4n) is 4.67. The molecule has 0 aromatic rings. The number of nitrogens with zero attached hydrogens (tertiary/aromatic N) is 1. The van der Waals surface area contributed by atoms with Crippen LogP contribution in [0.2, 0.25) is 0 Å². The van der Waals surface area contributed by atoms with E-state index >= 15 is 0 Å². The van der Waals surface area contributed by atoms with E-state index in [4.69, 9.17) is 10.5 Å². The van der Waals surface area contributed by atoms with Crippen LogP contribution in [0.4, 0.5) is 4.79 Å². The molecule has 3 rings (SSSR count). The van der Waals surface area contributed by atoms with Crippen molar-refractivity contribution >= 4 is 17.9 Å². The molecule has 3 aliphatic rings. The van der Waals surface area contributed by atoms with Gasteiger partial charge in [-0.3, -0.25) is 9.59 Å². The first kappa shape index (κ1) is 19.0. The fourth-order valence-corrected chi connectivity index (χ4v) is 4.67. The third-order valence-corrected chi connectivity index (χ3v) is 6.10. The lowest BCUT2D eigenvalue weighted by atomic mass is 9.83. The molecular formula is C19H31N3O4. The van der Waals surface area contributed by atoms with E-state index in [1.165, 1.54) is 0 Å². The molecule has 2 atom stereocenters. The highest BCUT2D eigenvalue weighted by molar-refractivity contribution is 5.91. The minimum atomic E-state index is -0.621. The fraction of sp³-hybridized carbons (Fsp3) is 0.842. The lowest BCUT2D eigenvalue weighted by molar-refractivity contribution is -0.140. The molecule has 0 radical (unpaired) electrons. The molecule has 2 aliphatic carbocycles. The topological polar surface area (TPSA) is 102 Å². The monoisotopic (exact) mass is 365 g/mol. The molecule has 2 unspecified atom stereocenters. The van der Waals surface area contributed by atoms with E-state index in [0.717, 1.165) is 64.2 Å². The van der Waals surface area contributed by atoms with Gasteiger partial charge in [0.15, 0.2) is 0 Å². The molecule has 7 nitrogen and oxygen atoms in total. The van der Waals surface area contributed by atoms with Gasteiger partial charge in [0, 0.05) is 6.54 Å². The number of ether oxygens (including phenoxy) is 1. The number of nitrogens with one attached hydrogen (secondary N) is 1. The summed E-state index contributed by atoms with van der Waals surface area (Å²) in [6.07, 6.45) is 9.89. The second kappa shape index (κ2) is 8.73. The zero-order valence-electron chi connectivity index (χ0n) is 15.5. The van der Waals surface area contributed by atoms with Crippen molar-refractivity contribution in [2.75, 3.05) is 6.54 Å². The molecule has 0 spiro atoms. The number of amides is 3. The zero-order valence-corrected chi connectivity index (χ0v) is 15.5. The van der Waals surface area contributed by atoms with Crippen LogP contribution in [0, 0.1) is 5.92 Å². The first-order valence-corrected chi connectivity index (χ1v) is 10.1. The van der Waals surface area contributed by atoms with Crippen molar-refractivity contribution in [3.63, 3.8) is 0 Å². The Hall–Kier alpha value is -1.79. The van der Waals surface area contributed by atoms with Crippen LogP contribution < -0.4 is 11.1 Å². The number of primary amides is 1. The molecule has 0 bridgehead atoms. The molecule has 7 heteroatoms. The van der Waals surface area contributed by atoms with Crippen LogP contribution in [0.5, 0.6) is 0 Å². The van der Waals surface area contributed by atoms with E-state index in [2.05, 4.69) is 5.32 Å². The molecule has 1 heterocycles. The van der Waals surface area contributed by atoms with Gasteiger partial charge >= 0.3 is 6.09 Å². The van der Waals surface area contributed by atoms with Gasteiger partial charge in [0.25, 0.3) is 0 Å². The molecule has 3 fully saturated rings. The van der Waals surface area contributed by atoms with Crippen LogP contribution in [0.25, 0.3) is 0 Å². The highest BCUT2D eigenvalue weighted by atomic mass is 16.6. The molecule has 1 aliphatic heterocycles. The third kappa shape index (κ3) is 4.48. The highest BCUT2D eigenvalue weighted by Crippen LogP contribution is 2.29. The summed E-state index contributed by atoms with van der Waals surface area (Å²) in [7, 11) is 0. The van der Waals surface area contributed by atoms with Crippen LogP contribution in [0.3, 0.4) is 0 Å². The van der Waals surface area contributed by atoms with Crippen LogP contribution in [-0.4, -0.2) is 47.5 Å². The van der Waals surface area contributed by atoms with Crippen molar-refractivity contribution in [3.05, 3.63) is 0 Å². The minimum absolute atomic E-state index is 0.0396. The second-order valence-electron chi connectivity index (χ2n) is 7.92. The normalized spacial score (nSPS) is 25.8. The van der Waals surface area contributed by atoms with E-state index in [-0.39, 0.29) is 17.9 Å². The van der Waals surface area contributed by atoms with Gasteiger partial charge in [-0.05, 0) is 57.3 Å². The van der Waals surface area contributed by atoms with Gasteiger partial charge in [-0.25, -0.2) is 4.79 Å². The third-order valence-electron chi connectivity index (χ3n) is 6.10. The first-order chi connectivity index (χ1) is 12.6. The summed E-state index contributed by atoms with van der Waals surface area (Å²) in [5, 5.41) is 2.85. The van der Waals surface area contributed by atoms with Crippen molar-refractivity contribution in [2.24, 2.45) is 11.7 Å². The van der Waals surface area contributed by atoms with Crippen molar-refractivity contribution in [1.82, 2.24) is 10.2 Å². The Kier molecular flexibility index (Phi) is 6.38. The Morgan fingerprint density at radius 2 is 1.58 bits per heavy atom. The Morgan fingerprint density at radius 1 is 0.923 bits per heavy atom. The van der Waals surface area contributed by atoms with Crippen LogP contribution >= 0.6 is 0 Å². The molecule has 0 aromatic carbocycles. The summed E-state index contributed by atoms with van der Waals surface area (Å²) in [6.45, 7) is 0.523. The lowest BCUT2D eigenvalue weighted by Crippen LogP contribution is -2.56. The summed E-state index contributed by atoms with van der Waals surface area (Å²) in [6, 6.07) is -1.18. The summed E-state index contributed by atoms with van der Waals surface area (Å²) < 4.78 is 5.51. The summed E-state index contributed by atoms with van der Waals surface area (Å²) in [5.41, 5.74) is 5.47. The molecular weight excluding hydrogens is 334 g/mol. The van der Waals surface area contributed by atoms with Gasteiger partial charge in [0.05, 0.1) is 0 Å². The largest absolute Gasteiger partial charge is 0.446 e. The highest BCUT2D eigenvalue weighted by Gasteiger charge is 2.40. The SMILES string of the molecule is NC(=O)C1CCCN1C(=O)C(NC(=O)OC1CCCC1)C1CCCCC1. The average Bonchev–Trinajstić information content (AvgIpc) is 3.31. The number of hydrogen-bond donors (Lipinski definition) is 2. The van der Waals surface area contributed by atoms with Crippen LogP contribution in [0.1, 0.15) is 70.6 Å². The summed E-state index contributed by atoms with van der Waals surface area (Å²) in [4.78, 5) is 38.8. The minimum Gasteiger partial charge on any atom is -0.446 e. The van der Waals surface area contributed by atoms with Crippen LogP contribution in [-0.2, 0) is 14.3 Å². The van der Waals surface area contributed by atoms with Gasteiger partial charge < -0.3 is 20.7 Å². The van der Waals surface area contributed by atoms with E-state index in [1.54, 1.807) is 4.90 Å². The standard InChI is InChI=1S/C19H31N3O4/c20-17(23)15-11-6-12-22(15)18(24)16(13-7-2-1-3-8-13)21-19(25)26-14-9-4-5-10-14/h13-16H,1-12H2,(H2,20,23)(H,21,25). The molecule has 1 saturated heterocycles. The van der Waals surface area contributed by atoms with E-state index < -0.39 is 24.1 Å². The quantitative estimate of drug-likeness (QED) is 0.779. The molecule has 0 aromatic heterocycles. The Morgan fingerprint density at radius 3 is 2.23 bits per heavy atom. The van der Waals surface area contributed by atoms with E-state index in [0.29, 0.717) is 13.0 Å². The smallest absolute Gasteiger partial charge is 0.408 e. The van der Waals surface area contributed by atoms with E-state index in [1.807, 2.05) is 0 Å². The molecule has 3 amide bonds. The maximum absolute atomic E-state index is 13.2. The predicted molar refractivity (Wildman–Crippen MR) is 96.2 cm³/mol. The van der Waals surface area contributed by atoms with Gasteiger partial charge in [-0.1, -0.05) is 19.3 Å². The Bertz CT molecular complexity index is 527. The molecule has 3 N–H and O–H groups in total. The van der Waals surface area contributed by atoms with Crippen molar-refractivity contribution in [3.8, 4) is 0 Å². The van der Waals surface area contributed by atoms with Gasteiger partial charge in [-0.2, -0.15) is 0 Å². The maximum atomic E-state index is 13.2. The number of likely N-dealkylation sites (tertiary alicyclic amines) is 1. The summed E-state index contributed by atoms with van der Waals surface area (Å²) in [5.74, 6) is -0.546. The molecule has 146 valence electrons. The number of hydrogen-bond acceptors (Lipinski definition) is 4. The van der Waals surface area contributed by atoms with Crippen molar-refractivity contribution in [1.29, 1.82) is 0 Å². The second-order valence-corrected chi connectivity index (χ2v) is 7.92. The molecule has 26 heavy (non-hydrogen) atoms. The number of carbonyl (C=O) groups excluding carboxylic acids is 3.